The fraction of sp³-hybridized carbons (Fsp3) is 0.600. The van der Waals surface area contributed by atoms with Crippen LogP contribution < -0.4 is 5.32 Å². The van der Waals surface area contributed by atoms with Crippen LogP contribution in [0.3, 0.4) is 0 Å². The number of aromatic nitrogens is 1. The minimum absolute atomic E-state index is 0.209. The van der Waals surface area contributed by atoms with Crippen molar-refractivity contribution in [3.63, 3.8) is 0 Å². The molecule has 1 spiro atoms. The average molecular weight is 275 g/mol. The van der Waals surface area contributed by atoms with E-state index in [0.29, 0.717) is 0 Å². The first kappa shape index (κ1) is 13.0. The lowest BCUT2D eigenvalue weighted by Gasteiger charge is -2.33. The van der Waals surface area contributed by atoms with E-state index in [-0.39, 0.29) is 5.54 Å². The Morgan fingerprint density at radius 2 is 2.37 bits per heavy atom. The molecule has 1 fully saturated rings. The molecule has 0 radical (unpaired) electrons. The lowest BCUT2D eigenvalue weighted by molar-refractivity contribution is 0.266. The highest BCUT2D eigenvalue weighted by Gasteiger charge is 2.39. The first-order valence-corrected chi connectivity index (χ1v) is 8.06. The summed E-state index contributed by atoms with van der Waals surface area (Å²) in [5.41, 5.74) is 2.51. The van der Waals surface area contributed by atoms with Crippen molar-refractivity contribution in [3.05, 3.63) is 24.0 Å². The van der Waals surface area contributed by atoms with Gasteiger partial charge >= 0.3 is 0 Å². The lowest BCUT2D eigenvalue weighted by Crippen LogP contribution is -2.33. The Kier molecular flexibility index (Phi) is 3.52. The molecule has 3 rings (SSSR count). The molecule has 1 aliphatic heterocycles. The Balaban J connectivity index is 1.75. The van der Waals surface area contributed by atoms with Crippen molar-refractivity contribution < 1.29 is 0 Å². The number of nitrogens with one attached hydrogen (secondary N) is 1. The molecule has 4 heteroatoms. The first-order chi connectivity index (χ1) is 9.17. The smallest absolute Gasteiger partial charge is 0.161 e. The highest BCUT2D eigenvalue weighted by Crippen LogP contribution is 2.42. The van der Waals surface area contributed by atoms with Gasteiger partial charge in [0.05, 0.1) is 17.4 Å². The van der Waals surface area contributed by atoms with E-state index in [0.717, 1.165) is 22.5 Å². The van der Waals surface area contributed by atoms with E-state index in [1.807, 2.05) is 30.2 Å². The molecule has 1 aromatic heterocycles. The largest absolute Gasteiger partial charge is 0.333 e. The fourth-order valence-corrected chi connectivity index (χ4v) is 4.29. The van der Waals surface area contributed by atoms with E-state index < -0.39 is 0 Å². The molecule has 2 heterocycles. The first-order valence-electron chi connectivity index (χ1n) is 7.07. The molecule has 0 saturated heterocycles. The van der Waals surface area contributed by atoms with Crippen LogP contribution in [0, 0.1) is 12.8 Å². The highest BCUT2D eigenvalue weighted by atomic mass is 32.2. The highest BCUT2D eigenvalue weighted by molar-refractivity contribution is 8.14. The second-order valence-corrected chi connectivity index (χ2v) is 6.91. The van der Waals surface area contributed by atoms with Gasteiger partial charge in [-0.05, 0) is 37.3 Å². The van der Waals surface area contributed by atoms with Gasteiger partial charge in [0.15, 0.2) is 5.17 Å². The van der Waals surface area contributed by atoms with E-state index in [4.69, 9.17) is 4.99 Å². The molecule has 2 unspecified atom stereocenters. The third-order valence-corrected chi connectivity index (χ3v) is 5.31. The van der Waals surface area contributed by atoms with E-state index in [9.17, 15) is 0 Å². The van der Waals surface area contributed by atoms with E-state index in [2.05, 4.69) is 24.1 Å². The van der Waals surface area contributed by atoms with Crippen molar-refractivity contribution in [2.75, 3.05) is 11.1 Å². The normalized spacial score (nSPS) is 30.4. The molecule has 0 bridgehead atoms. The number of thioether (sulfide) groups is 1. The summed E-state index contributed by atoms with van der Waals surface area (Å²) in [6.07, 6.45) is 8.90. The number of aliphatic imine (C=N–C) groups is 1. The molecule has 0 amide bonds. The van der Waals surface area contributed by atoms with Gasteiger partial charge in [0.1, 0.15) is 0 Å². The Hall–Kier alpha value is -1.03. The summed E-state index contributed by atoms with van der Waals surface area (Å²) in [6.45, 7) is 4.46. The number of pyridine rings is 1. The summed E-state index contributed by atoms with van der Waals surface area (Å²) in [7, 11) is 0. The Morgan fingerprint density at radius 3 is 3.16 bits per heavy atom. The van der Waals surface area contributed by atoms with Gasteiger partial charge < -0.3 is 5.32 Å². The van der Waals surface area contributed by atoms with Crippen LogP contribution in [-0.2, 0) is 0 Å². The van der Waals surface area contributed by atoms with Crippen LogP contribution in [0.25, 0.3) is 0 Å². The van der Waals surface area contributed by atoms with Gasteiger partial charge in [-0.2, -0.15) is 0 Å². The molecular formula is C15H21N3S. The van der Waals surface area contributed by atoms with Crippen LogP contribution in [0.1, 0.15) is 38.2 Å². The number of aryl methyl sites for hydroxylation is 1. The average Bonchev–Trinajstić information content (AvgIpc) is 2.75. The summed E-state index contributed by atoms with van der Waals surface area (Å²) >= 11 is 1.86. The summed E-state index contributed by atoms with van der Waals surface area (Å²) in [5, 5.41) is 4.52. The maximum Gasteiger partial charge on any atom is 0.161 e. The molecule has 2 atom stereocenters. The number of rotatable bonds is 1. The van der Waals surface area contributed by atoms with E-state index in [1.165, 1.54) is 31.2 Å². The molecule has 0 aromatic carbocycles. The van der Waals surface area contributed by atoms with Crippen molar-refractivity contribution >= 4 is 22.6 Å². The molecule has 1 saturated carbocycles. The molecule has 102 valence electrons. The zero-order valence-electron chi connectivity index (χ0n) is 11.6. The predicted octanol–water partition coefficient (Wildman–Crippen LogP) is 3.85. The molecule has 1 aliphatic carbocycles. The van der Waals surface area contributed by atoms with Gasteiger partial charge in [-0.25, -0.2) is 0 Å². The van der Waals surface area contributed by atoms with Crippen LogP contribution >= 0.6 is 11.8 Å². The zero-order chi connectivity index (χ0) is 13.3. The Bertz CT molecular complexity index is 500. The topological polar surface area (TPSA) is 37.3 Å². The minimum atomic E-state index is 0.209. The fourth-order valence-electron chi connectivity index (χ4n) is 3.12. The van der Waals surface area contributed by atoms with Crippen molar-refractivity contribution in [1.82, 2.24) is 4.98 Å². The van der Waals surface area contributed by atoms with Crippen LogP contribution in [0.15, 0.2) is 23.5 Å². The lowest BCUT2D eigenvalue weighted by atomic mass is 9.78. The molecular weight excluding hydrogens is 254 g/mol. The van der Waals surface area contributed by atoms with Gasteiger partial charge in [-0.15, -0.1) is 0 Å². The summed E-state index contributed by atoms with van der Waals surface area (Å²) in [5.74, 6) is 1.96. The molecule has 1 aromatic rings. The third kappa shape index (κ3) is 2.78. The van der Waals surface area contributed by atoms with Crippen LogP contribution in [0.2, 0.25) is 0 Å². The van der Waals surface area contributed by atoms with Crippen LogP contribution in [0.5, 0.6) is 0 Å². The third-order valence-electron chi connectivity index (χ3n) is 4.16. The molecule has 1 N–H and O–H groups in total. The quantitative estimate of drug-likeness (QED) is 0.845. The maximum absolute atomic E-state index is 5.01. The summed E-state index contributed by atoms with van der Waals surface area (Å²) in [6, 6.07) is 2.03. The van der Waals surface area contributed by atoms with Gasteiger partial charge in [-0.1, -0.05) is 31.5 Å². The zero-order valence-corrected chi connectivity index (χ0v) is 12.5. The molecule has 3 nitrogen and oxygen atoms in total. The summed E-state index contributed by atoms with van der Waals surface area (Å²) in [4.78, 5) is 9.18. The van der Waals surface area contributed by atoms with E-state index >= 15 is 0 Å². The van der Waals surface area contributed by atoms with Gasteiger partial charge in [-0.3, -0.25) is 9.98 Å². The maximum atomic E-state index is 5.01. The number of hydrogen-bond acceptors (Lipinski definition) is 4. The minimum Gasteiger partial charge on any atom is -0.333 e. The van der Waals surface area contributed by atoms with Gasteiger partial charge in [0.25, 0.3) is 0 Å². The molecule has 19 heavy (non-hydrogen) atoms. The van der Waals surface area contributed by atoms with Crippen molar-refractivity contribution in [3.8, 4) is 0 Å². The predicted molar refractivity (Wildman–Crippen MR) is 82.9 cm³/mol. The number of anilines is 1. The Labute approximate surface area is 119 Å². The standard InChI is InChI=1S/C15H21N3S/c1-11-4-3-6-15(8-11)10-19-14(18-15)17-13-9-16-7-5-12(13)2/h5,7,9,11H,3-4,6,8,10H2,1-2H3,(H,17,18). The SMILES string of the molecule is Cc1ccncc1NC1=NC2(CCCC(C)C2)CS1. The second kappa shape index (κ2) is 5.16. The number of hydrogen-bond donors (Lipinski definition) is 1. The van der Waals surface area contributed by atoms with Crippen LogP contribution in [0.4, 0.5) is 5.69 Å². The van der Waals surface area contributed by atoms with Gasteiger partial charge in [0.2, 0.25) is 0 Å². The molecule has 2 aliphatic rings. The van der Waals surface area contributed by atoms with Crippen molar-refractivity contribution in [2.45, 2.75) is 45.1 Å². The monoisotopic (exact) mass is 275 g/mol. The Morgan fingerprint density at radius 1 is 1.47 bits per heavy atom. The van der Waals surface area contributed by atoms with E-state index in [1.54, 1.807) is 0 Å². The number of amidine groups is 1. The van der Waals surface area contributed by atoms with Crippen molar-refractivity contribution in [1.29, 1.82) is 0 Å². The van der Waals surface area contributed by atoms with Crippen molar-refractivity contribution in [2.24, 2.45) is 10.9 Å². The van der Waals surface area contributed by atoms with Gasteiger partial charge in [0, 0.05) is 11.9 Å². The number of nitrogens with zero attached hydrogens (tertiary/aromatic N) is 2. The summed E-state index contributed by atoms with van der Waals surface area (Å²) < 4.78 is 0. The van der Waals surface area contributed by atoms with Crippen LogP contribution in [-0.4, -0.2) is 21.4 Å². The second-order valence-electron chi connectivity index (χ2n) is 5.95.